The molecule has 0 aliphatic carbocycles. The van der Waals surface area contributed by atoms with Crippen LogP contribution in [0.5, 0.6) is 0 Å². The van der Waals surface area contributed by atoms with Gasteiger partial charge in [0.2, 0.25) is 0 Å². The molecule has 2 heteroatoms. The average Bonchev–Trinajstić information content (AvgIpc) is 2.03. The van der Waals surface area contributed by atoms with E-state index in [0.717, 1.165) is 12.3 Å². The van der Waals surface area contributed by atoms with Crippen molar-refractivity contribution in [2.45, 2.75) is 19.8 Å². The van der Waals surface area contributed by atoms with Gasteiger partial charge in [0.1, 0.15) is 0 Å². The molecule has 1 unspecified atom stereocenters. The van der Waals surface area contributed by atoms with E-state index in [1.165, 1.54) is 17.9 Å². The van der Waals surface area contributed by atoms with Gasteiger partial charge in [-0.25, -0.2) is 0 Å². The highest BCUT2D eigenvalue weighted by Gasteiger charge is 2.03. The first-order chi connectivity index (χ1) is 5.35. The van der Waals surface area contributed by atoms with E-state index in [9.17, 15) is 0 Å². The molecule has 1 atom stereocenters. The van der Waals surface area contributed by atoms with Gasteiger partial charge in [-0.1, -0.05) is 13.0 Å². The SMILES string of the molecule is C=CCC(CCl)CCSCC. The van der Waals surface area contributed by atoms with Crippen molar-refractivity contribution in [3.05, 3.63) is 12.7 Å². The van der Waals surface area contributed by atoms with Gasteiger partial charge in [-0.3, -0.25) is 0 Å². The van der Waals surface area contributed by atoms with Crippen molar-refractivity contribution < 1.29 is 0 Å². The van der Waals surface area contributed by atoms with Gasteiger partial charge in [-0.15, -0.1) is 18.2 Å². The predicted octanol–water partition coefficient (Wildman–Crippen LogP) is 3.56. The molecular weight excluding hydrogens is 176 g/mol. The lowest BCUT2D eigenvalue weighted by atomic mass is 10.1. The third-order valence-electron chi connectivity index (χ3n) is 1.59. The Morgan fingerprint density at radius 3 is 2.82 bits per heavy atom. The number of alkyl halides is 1. The lowest BCUT2D eigenvalue weighted by molar-refractivity contribution is 0.584. The molecule has 0 nitrogen and oxygen atoms in total. The van der Waals surface area contributed by atoms with Crippen molar-refractivity contribution in [3.63, 3.8) is 0 Å². The lowest BCUT2D eigenvalue weighted by Crippen LogP contribution is -2.02. The molecule has 0 saturated carbocycles. The van der Waals surface area contributed by atoms with E-state index in [1.807, 2.05) is 17.8 Å². The number of halogens is 1. The minimum absolute atomic E-state index is 0.646. The Kier molecular flexibility index (Phi) is 8.77. The summed E-state index contributed by atoms with van der Waals surface area (Å²) in [6, 6.07) is 0. The number of allylic oxidation sites excluding steroid dienone is 1. The zero-order valence-electron chi connectivity index (χ0n) is 7.18. The highest BCUT2D eigenvalue weighted by Crippen LogP contribution is 2.14. The molecule has 0 saturated heterocycles. The van der Waals surface area contributed by atoms with Gasteiger partial charge in [0.15, 0.2) is 0 Å². The number of hydrogen-bond acceptors (Lipinski definition) is 1. The van der Waals surface area contributed by atoms with Crippen LogP contribution in [0.3, 0.4) is 0 Å². The van der Waals surface area contributed by atoms with E-state index in [0.29, 0.717) is 5.92 Å². The molecule has 0 aromatic heterocycles. The maximum absolute atomic E-state index is 5.77. The molecular formula is C9H17ClS. The minimum Gasteiger partial charge on any atom is -0.162 e. The Bertz CT molecular complexity index is 93.6. The van der Waals surface area contributed by atoms with Crippen molar-refractivity contribution in [2.75, 3.05) is 17.4 Å². The van der Waals surface area contributed by atoms with Crippen LogP contribution in [0.15, 0.2) is 12.7 Å². The second-order valence-corrected chi connectivity index (χ2v) is 4.23. The molecule has 0 aliphatic heterocycles. The van der Waals surface area contributed by atoms with Crippen molar-refractivity contribution in [1.82, 2.24) is 0 Å². The fourth-order valence-corrected chi connectivity index (χ4v) is 1.96. The molecule has 0 aromatic carbocycles. The van der Waals surface area contributed by atoms with Crippen LogP contribution in [0.25, 0.3) is 0 Å². The molecule has 0 radical (unpaired) electrons. The summed E-state index contributed by atoms with van der Waals surface area (Å²) in [5.74, 6) is 3.87. The van der Waals surface area contributed by atoms with Gasteiger partial charge in [0.25, 0.3) is 0 Å². The summed E-state index contributed by atoms with van der Waals surface area (Å²) < 4.78 is 0. The smallest absolute Gasteiger partial charge is 0.0255 e. The molecule has 66 valence electrons. The maximum Gasteiger partial charge on any atom is 0.0255 e. The fraction of sp³-hybridized carbons (Fsp3) is 0.778. The van der Waals surface area contributed by atoms with Crippen molar-refractivity contribution in [2.24, 2.45) is 5.92 Å². The van der Waals surface area contributed by atoms with E-state index in [4.69, 9.17) is 11.6 Å². The Morgan fingerprint density at radius 1 is 1.64 bits per heavy atom. The number of hydrogen-bond donors (Lipinski definition) is 0. The van der Waals surface area contributed by atoms with Crippen molar-refractivity contribution >= 4 is 23.4 Å². The Labute approximate surface area is 79.4 Å². The first-order valence-electron chi connectivity index (χ1n) is 4.09. The van der Waals surface area contributed by atoms with Gasteiger partial charge in [-0.05, 0) is 30.3 Å². The molecule has 0 spiro atoms. The molecule has 0 N–H and O–H groups in total. The Morgan fingerprint density at radius 2 is 2.36 bits per heavy atom. The Balaban J connectivity index is 3.27. The molecule has 0 fully saturated rings. The third kappa shape index (κ3) is 6.77. The first kappa shape index (κ1) is 11.4. The van der Waals surface area contributed by atoms with Crippen molar-refractivity contribution in [3.8, 4) is 0 Å². The van der Waals surface area contributed by atoms with Gasteiger partial charge < -0.3 is 0 Å². The van der Waals surface area contributed by atoms with Crippen LogP contribution in [0, 0.1) is 5.92 Å². The highest BCUT2D eigenvalue weighted by atomic mass is 35.5. The van der Waals surface area contributed by atoms with E-state index in [1.54, 1.807) is 0 Å². The van der Waals surface area contributed by atoms with Gasteiger partial charge in [0.05, 0.1) is 0 Å². The van der Waals surface area contributed by atoms with Crippen LogP contribution in [0.2, 0.25) is 0 Å². The third-order valence-corrected chi connectivity index (χ3v) is 2.96. The van der Waals surface area contributed by atoms with E-state index >= 15 is 0 Å². The number of thioether (sulfide) groups is 1. The second-order valence-electron chi connectivity index (χ2n) is 2.53. The van der Waals surface area contributed by atoms with Crippen LogP contribution < -0.4 is 0 Å². The summed E-state index contributed by atoms with van der Waals surface area (Å²) in [4.78, 5) is 0. The molecule has 0 aliphatic rings. The lowest BCUT2D eigenvalue weighted by Gasteiger charge is -2.09. The topological polar surface area (TPSA) is 0 Å². The first-order valence-corrected chi connectivity index (χ1v) is 5.78. The molecule has 0 amide bonds. The largest absolute Gasteiger partial charge is 0.162 e. The Hall–Kier alpha value is 0.380. The normalized spacial score (nSPS) is 12.9. The van der Waals surface area contributed by atoms with E-state index in [2.05, 4.69) is 13.5 Å². The summed E-state index contributed by atoms with van der Waals surface area (Å²) in [6.45, 7) is 5.90. The minimum atomic E-state index is 0.646. The molecule has 0 rings (SSSR count). The standard InChI is InChI=1S/C9H17ClS/c1-3-5-9(8-10)6-7-11-4-2/h3,9H,1,4-8H2,2H3. The molecule has 11 heavy (non-hydrogen) atoms. The highest BCUT2D eigenvalue weighted by molar-refractivity contribution is 7.99. The van der Waals surface area contributed by atoms with Gasteiger partial charge in [0, 0.05) is 5.88 Å². The summed E-state index contributed by atoms with van der Waals surface area (Å²) in [6.07, 6.45) is 4.26. The van der Waals surface area contributed by atoms with Crippen molar-refractivity contribution in [1.29, 1.82) is 0 Å². The summed E-state index contributed by atoms with van der Waals surface area (Å²) in [5, 5.41) is 0. The zero-order chi connectivity index (χ0) is 8.53. The second kappa shape index (κ2) is 8.48. The summed E-state index contributed by atoms with van der Waals surface area (Å²) in [7, 11) is 0. The van der Waals surface area contributed by atoms with Crippen LogP contribution in [-0.2, 0) is 0 Å². The zero-order valence-corrected chi connectivity index (χ0v) is 8.76. The monoisotopic (exact) mass is 192 g/mol. The molecule has 0 heterocycles. The van der Waals surface area contributed by atoms with E-state index < -0.39 is 0 Å². The van der Waals surface area contributed by atoms with Crippen LogP contribution in [0.4, 0.5) is 0 Å². The fourth-order valence-electron chi connectivity index (χ4n) is 0.888. The van der Waals surface area contributed by atoms with Gasteiger partial charge in [-0.2, -0.15) is 11.8 Å². The van der Waals surface area contributed by atoms with Crippen LogP contribution in [-0.4, -0.2) is 17.4 Å². The van der Waals surface area contributed by atoms with Crippen LogP contribution >= 0.6 is 23.4 Å². The summed E-state index contributed by atoms with van der Waals surface area (Å²) >= 11 is 7.75. The summed E-state index contributed by atoms with van der Waals surface area (Å²) in [5.41, 5.74) is 0. The van der Waals surface area contributed by atoms with Crippen LogP contribution in [0.1, 0.15) is 19.8 Å². The quantitative estimate of drug-likeness (QED) is 0.338. The molecule has 0 bridgehead atoms. The predicted molar refractivity (Wildman–Crippen MR) is 56.6 cm³/mol. The molecule has 0 aromatic rings. The average molecular weight is 193 g/mol. The van der Waals surface area contributed by atoms with E-state index in [-0.39, 0.29) is 0 Å². The number of rotatable bonds is 7. The maximum atomic E-state index is 5.77. The van der Waals surface area contributed by atoms with Gasteiger partial charge >= 0.3 is 0 Å².